The molecule has 0 unspecified atom stereocenters. The Labute approximate surface area is 121 Å². The maximum Gasteiger partial charge on any atom is 0.389 e. The molecule has 0 bridgehead atoms. The molecule has 0 aliphatic heterocycles. The first-order valence-corrected chi connectivity index (χ1v) is 5.76. The summed E-state index contributed by atoms with van der Waals surface area (Å²) < 4.78 is 36.4. The summed E-state index contributed by atoms with van der Waals surface area (Å²) in [5, 5.41) is 10.7. The number of hydrogen-bond donors (Lipinski definition) is 1. The number of hydrogen-bond acceptors (Lipinski definition) is 3. The van der Waals surface area contributed by atoms with E-state index in [-0.39, 0.29) is 29.0 Å². The Morgan fingerprint density at radius 1 is 1.42 bits per heavy atom. The van der Waals surface area contributed by atoms with Crippen molar-refractivity contribution in [3.63, 3.8) is 0 Å². The zero-order chi connectivity index (χ0) is 13.9. The summed E-state index contributed by atoms with van der Waals surface area (Å²) in [7, 11) is 0. The summed E-state index contributed by atoms with van der Waals surface area (Å²) in [6.45, 7) is 0. The quantitative estimate of drug-likeness (QED) is 0.646. The Balaban J connectivity index is 0.00000324. The van der Waals surface area contributed by atoms with Crippen molar-refractivity contribution in [3.8, 4) is 0 Å². The SMILES string of the molecule is Cl.N[C@@H](CCC(F)(F)F)c1ccc(Br)c([N+](=O)[O-])c1. The maximum absolute atomic E-state index is 12.0. The predicted molar refractivity (Wildman–Crippen MR) is 70.3 cm³/mol. The van der Waals surface area contributed by atoms with Gasteiger partial charge < -0.3 is 5.73 Å². The standard InChI is InChI=1S/C10H10BrF3N2O2.ClH/c11-7-2-1-6(5-9(7)16(17)18)8(15)3-4-10(12,13)14;/h1-2,5,8H,3-4,15H2;1H/t8-;/m0./s1. The highest BCUT2D eigenvalue weighted by Gasteiger charge is 2.28. The van der Waals surface area contributed by atoms with Crippen LogP contribution in [0.15, 0.2) is 22.7 Å². The van der Waals surface area contributed by atoms with Gasteiger partial charge in [-0.3, -0.25) is 10.1 Å². The maximum atomic E-state index is 12.0. The number of benzene rings is 1. The molecule has 0 saturated heterocycles. The van der Waals surface area contributed by atoms with Crippen molar-refractivity contribution in [1.29, 1.82) is 0 Å². The normalized spacial score (nSPS) is 12.7. The van der Waals surface area contributed by atoms with Crippen LogP contribution in [-0.4, -0.2) is 11.1 Å². The van der Waals surface area contributed by atoms with E-state index in [1.165, 1.54) is 18.2 Å². The highest BCUT2D eigenvalue weighted by molar-refractivity contribution is 9.10. The summed E-state index contributed by atoms with van der Waals surface area (Å²) in [6, 6.07) is 3.18. The Bertz CT molecular complexity index is 457. The summed E-state index contributed by atoms with van der Waals surface area (Å²) in [6.07, 6.45) is -5.60. The lowest BCUT2D eigenvalue weighted by molar-refractivity contribution is -0.385. The molecule has 0 saturated carbocycles. The van der Waals surface area contributed by atoms with Gasteiger partial charge in [-0.2, -0.15) is 13.2 Å². The zero-order valence-corrected chi connectivity index (χ0v) is 11.9. The fourth-order valence-electron chi connectivity index (χ4n) is 1.39. The third-order valence-corrected chi connectivity index (χ3v) is 3.00. The molecule has 4 nitrogen and oxygen atoms in total. The van der Waals surface area contributed by atoms with Crippen LogP contribution in [0.3, 0.4) is 0 Å². The number of nitro benzene ring substituents is 1. The lowest BCUT2D eigenvalue weighted by Gasteiger charge is -2.13. The molecule has 0 amide bonds. The highest BCUT2D eigenvalue weighted by Crippen LogP contribution is 2.31. The van der Waals surface area contributed by atoms with E-state index in [2.05, 4.69) is 15.9 Å². The minimum atomic E-state index is -4.28. The van der Waals surface area contributed by atoms with E-state index in [1.54, 1.807) is 0 Å². The molecular weight excluding hydrogens is 352 g/mol. The molecule has 0 spiro atoms. The second-order valence-electron chi connectivity index (χ2n) is 3.73. The van der Waals surface area contributed by atoms with Crippen molar-refractivity contribution in [1.82, 2.24) is 0 Å². The Morgan fingerprint density at radius 2 is 2.00 bits per heavy atom. The molecule has 0 fully saturated rings. The average molecular weight is 364 g/mol. The minimum Gasteiger partial charge on any atom is -0.324 e. The summed E-state index contributed by atoms with van der Waals surface area (Å²) >= 11 is 2.99. The van der Waals surface area contributed by atoms with E-state index in [0.717, 1.165) is 0 Å². The van der Waals surface area contributed by atoms with Gasteiger partial charge in [0.15, 0.2) is 0 Å². The summed E-state index contributed by atoms with van der Waals surface area (Å²) in [4.78, 5) is 10.0. The van der Waals surface area contributed by atoms with Gasteiger partial charge in [0, 0.05) is 18.5 Å². The lowest BCUT2D eigenvalue weighted by Crippen LogP contribution is -2.16. The molecule has 0 aliphatic carbocycles. The number of rotatable bonds is 4. The molecule has 9 heteroatoms. The van der Waals surface area contributed by atoms with Crippen LogP contribution in [0, 0.1) is 10.1 Å². The second kappa shape index (κ2) is 7.06. The van der Waals surface area contributed by atoms with Crippen LogP contribution in [0.1, 0.15) is 24.4 Å². The molecular formula is C10H11BrClF3N2O2. The monoisotopic (exact) mass is 362 g/mol. The van der Waals surface area contributed by atoms with E-state index < -0.39 is 23.6 Å². The predicted octanol–water partition coefficient (Wildman–Crippen LogP) is 4.12. The molecule has 0 radical (unpaired) electrons. The van der Waals surface area contributed by atoms with Crippen molar-refractivity contribution in [3.05, 3.63) is 38.3 Å². The van der Waals surface area contributed by atoms with Crippen LogP contribution >= 0.6 is 28.3 Å². The largest absolute Gasteiger partial charge is 0.389 e. The van der Waals surface area contributed by atoms with Gasteiger partial charge in [0.2, 0.25) is 0 Å². The van der Waals surface area contributed by atoms with Crippen LogP contribution < -0.4 is 5.73 Å². The van der Waals surface area contributed by atoms with Crippen molar-refractivity contribution < 1.29 is 18.1 Å². The number of nitrogens with two attached hydrogens (primary N) is 1. The van der Waals surface area contributed by atoms with Crippen molar-refractivity contribution in [2.75, 3.05) is 0 Å². The smallest absolute Gasteiger partial charge is 0.324 e. The Hall–Kier alpha value is -0.860. The molecule has 19 heavy (non-hydrogen) atoms. The van der Waals surface area contributed by atoms with Crippen molar-refractivity contribution in [2.45, 2.75) is 25.1 Å². The van der Waals surface area contributed by atoms with Gasteiger partial charge in [0.25, 0.3) is 5.69 Å². The van der Waals surface area contributed by atoms with Crippen LogP contribution in [0.25, 0.3) is 0 Å². The fourth-order valence-corrected chi connectivity index (χ4v) is 1.78. The van der Waals surface area contributed by atoms with Gasteiger partial charge >= 0.3 is 6.18 Å². The van der Waals surface area contributed by atoms with Crippen molar-refractivity contribution in [2.24, 2.45) is 5.73 Å². The van der Waals surface area contributed by atoms with Crippen LogP contribution in [0.4, 0.5) is 18.9 Å². The first-order chi connectivity index (χ1) is 8.20. The Kier molecular flexibility index (Phi) is 6.74. The topological polar surface area (TPSA) is 69.2 Å². The minimum absolute atomic E-state index is 0. The summed E-state index contributed by atoms with van der Waals surface area (Å²) in [5.41, 5.74) is 5.68. The molecule has 108 valence electrons. The first-order valence-electron chi connectivity index (χ1n) is 4.97. The van der Waals surface area contributed by atoms with Gasteiger partial charge in [0.1, 0.15) is 0 Å². The summed E-state index contributed by atoms with van der Waals surface area (Å²) in [5.74, 6) is 0. The highest BCUT2D eigenvalue weighted by atomic mass is 79.9. The lowest BCUT2D eigenvalue weighted by atomic mass is 10.0. The van der Waals surface area contributed by atoms with Gasteiger partial charge in [-0.05, 0) is 34.0 Å². The average Bonchev–Trinajstić information content (AvgIpc) is 2.25. The van der Waals surface area contributed by atoms with E-state index in [4.69, 9.17) is 5.73 Å². The molecule has 1 aromatic rings. The molecule has 0 aliphatic rings. The first kappa shape index (κ1) is 18.1. The number of halogens is 5. The molecule has 1 rings (SSSR count). The third-order valence-electron chi connectivity index (χ3n) is 2.33. The van der Waals surface area contributed by atoms with Crippen LogP contribution in [-0.2, 0) is 0 Å². The Morgan fingerprint density at radius 3 is 2.47 bits per heavy atom. The van der Waals surface area contributed by atoms with Crippen molar-refractivity contribution >= 4 is 34.0 Å². The van der Waals surface area contributed by atoms with Gasteiger partial charge in [-0.1, -0.05) is 6.07 Å². The molecule has 0 heterocycles. The van der Waals surface area contributed by atoms with E-state index in [1.807, 2.05) is 0 Å². The second-order valence-corrected chi connectivity index (χ2v) is 4.58. The van der Waals surface area contributed by atoms with Gasteiger partial charge in [-0.25, -0.2) is 0 Å². The van der Waals surface area contributed by atoms with Gasteiger partial charge in [0.05, 0.1) is 9.40 Å². The zero-order valence-electron chi connectivity index (χ0n) is 9.48. The third kappa shape index (κ3) is 5.75. The fraction of sp³-hybridized carbons (Fsp3) is 0.400. The number of nitro groups is 1. The van der Waals surface area contributed by atoms with Crippen LogP contribution in [0.5, 0.6) is 0 Å². The molecule has 0 aromatic heterocycles. The van der Waals surface area contributed by atoms with E-state index in [0.29, 0.717) is 5.56 Å². The molecule has 2 N–H and O–H groups in total. The van der Waals surface area contributed by atoms with E-state index >= 15 is 0 Å². The van der Waals surface area contributed by atoms with Gasteiger partial charge in [-0.15, -0.1) is 12.4 Å². The molecule has 1 aromatic carbocycles. The molecule has 1 atom stereocenters. The number of alkyl halides is 3. The van der Waals surface area contributed by atoms with E-state index in [9.17, 15) is 23.3 Å². The number of nitrogens with zero attached hydrogens (tertiary/aromatic N) is 1. The van der Waals surface area contributed by atoms with Crippen LogP contribution in [0.2, 0.25) is 0 Å².